The van der Waals surface area contributed by atoms with Crippen LogP contribution in [-0.4, -0.2) is 33.7 Å². The molecule has 18 heavy (non-hydrogen) atoms. The molecule has 0 amide bonds. The lowest BCUT2D eigenvalue weighted by Gasteiger charge is -2.40. The topological polar surface area (TPSA) is 82.2 Å². The molecule has 0 aliphatic heterocycles. The lowest BCUT2D eigenvalue weighted by molar-refractivity contribution is -0.388. The highest BCUT2D eigenvalue weighted by molar-refractivity contribution is 5.53. The fourth-order valence-corrected chi connectivity index (χ4v) is 2.19. The first-order valence-electron chi connectivity index (χ1n) is 5.96. The Labute approximate surface area is 105 Å². The third-order valence-corrected chi connectivity index (χ3v) is 3.75. The number of hydrogen-bond acceptors (Lipinski definition) is 5. The number of methoxy groups -OCH3 is 1. The molecule has 0 atom stereocenters. The number of rotatable bonds is 5. The number of nitrogens with zero attached hydrogens (tertiary/aromatic N) is 3. The Balaban J connectivity index is 2.15. The van der Waals surface area contributed by atoms with E-state index in [0.29, 0.717) is 18.2 Å². The van der Waals surface area contributed by atoms with Crippen molar-refractivity contribution in [2.45, 2.75) is 31.8 Å². The second-order valence-electron chi connectivity index (χ2n) is 4.74. The first kappa shape index (κ1) is 12.8. The van der Waals surface area contributed by atoms with Crippen LogP contribution in [0.25, 0.3) is 0 Å². The van der Waals surface area contributed by atoms with E-state index in [1.54, 1.807) is 25.6 Å². The molecule has 0 bridgehead atoms. The molecule has 0 unspecified atom stereocenters. The molecular formula is C11H18N4O3. The van der Waals surface area contributed by atoms with Gasteiger partial charge in [0.2, 0.25) is 11.6 Å². The molecule has 0 spiro atoms. The Kier molecular flexibility index (Phi) is 3.25. The van der Waals surface area contributed by atoms with Crippen LogP contribution in [0.15, 0.2) is 0 Å². The molecule has 1 aromatic rings. The molecule has 7 heteroatoms. The molecule has 1 aromatic heterocycles. The van der Waals surface area contributed by atoms with Gasteiger partial charge in [-0.25, -0.2) is 0 Å². The van der Waals surface area contributed by atoms with E-state index in [1.807, 2.05) is 0 Å². The van der Waals surface area contributed by atoms with Gasteiger partial charge >= 0.3 is 5.82 Å². The molecule has 7 nitrogen and oxygen atoms in total. The molecule has 1 aliphatic carbocycles. The predicted octanol–water partition coefficient (Wildman–Crippen LogP) is 1.62. The number of anilines is 1. The van der Waals surface area contributed by atoms with Crippen molar-refractivity contribution >= 4 is 11.6 Å². The van der Waals surface area contributed by atoms with Crippen molar-refractivity contribution in [1.29, 1.82) is 0 Å². The highest BCUT2D eigenvalue weighted by Gasteiger charge is 2.37. The van der Waals surface area contributed by atoms with E-state index in [9.17, 15) is 10.1 Å². The van der Waals surface area contributed by atoms with Crippen LogP contribution in [0, 0.1) is 17.0 Å². The summed E-state index contributed by atoms with van der Waals surface area (Å²) in [6, 6.07) is 0. The maximum absolute atomic E-state index is 10.9. The Morgan fingerprint density at radius 1 is 1.61 bits per heavy atom. The quantitative estimate of drug-likeness (QED) is 0.637. The highest BCUT2D eigenvalue weighted by atomic mass is 16.6. The van der Waals surface area contributed by atoms with Gasteiger partial charge in [0.25, 0.3) is 0 Å². The van der Waals surface area contributed by atoms with Gasteiger partial charge in [-0.2, -0.15) is 0 Å². The second-order valence-corrected chi connectivity index (χ2v) is 4.74. The van der Waals surface area contributed by atoms with Crippen LogP contribution in [0.4, 0.5) is 11.6 Å². The van der Waals surface area contributed by atoms with Crippen LogP contribution in [0.5, 0.6) is 0 Å². The largest absolute Gasteiger partial charge is 0.406 e. The maximum Gasteiger partial charge on any atom is 0.406 e. The Morgan fingerprint density at radius 2 is 2.28 bits per heavy atom. The lowest BCUT2D eigenvalue weighted by Crippen LogP contribution is -2.45. The third-order valence-electron chi connectivity index (χ3n) is 3.75. The maximum atomic E-state index is 10.9. The van der Waals surface area contributed by atoms with E-state index in [1.165, 1.54) is 0 Å². The fourth-order valence-electron chi connectivity index (χ4n) is 2.19. The average molecular weight is 254 g/mol. The molecule has 1 heterocycles. The van der Waals surface area contributed by atoms with E-state index >= 15 is 0 Å². The van der Waals surface area contributed by atoms with Gasteiger partial charge in [0.15, 0.2) is 0 Å². The summed E-state index contributed by atoms with van der Waals surface area (Å²) in [6.07, 6.45) is 3.12. The summed E-state index contributed by atoms with van der Waals surface area (Å²) in [5.74, 6) is 0.936. The van der Waals surface area contributed by atoms with Crippen molar-refractivity contribution in [3.8, 4) is 0 Å². The molecule has 1 saturated carbocycles. The van der Waals surface area contributed by atoms with Crippen LogP contribution in [0.1, 0.15) is 25.1 Å². The van der Waals surface area contributed by atoms with Crippen LogP contribution in [0.3, 0.4) is 0 Å². The van der Waals surface area contributed by atoms with Crippen LogP contribution in [0.2, 0.25) is 0 Å². The number of hydrogen-bond donors (Lipinski definition) is 1. The Morgan fingerprint density at radius 3 is 2.72 bits per heavy atom. The lowest BCUT2D eigenvalue weighted by atomic mass is 9.80. The number of nitrogens with one attached hydrogen (secondary N) is 1. The minimum absolute atomic E-state index is 0.124. The fraction of sp³-hybridized carbons (Fsp3) is 0.727. The van der Waals surface area contributed by atoms with Gasteiger partial charge in [0.1, 0.15) is 0 Å². The zero-order chi connectivity index (χ0) is 13.3. The van der Waals surface area contributed by atoms with Gasteiger partial charge in [-0.05, 0) is 29.2 Å². The van der Waals surface area contributed by atoms with Crippen molar-refractivity contribution in [3.63, 3.8) is 0 Å². The van der Waals surface area contributed by atoms with Gasteiger partial charge in [0, 0.05) is 27.6 Å². The highest BCUT2D eigenvalue weighted by Crippen LogP contribution is 2.36. The zero-order valence-corrected chi connectivity index (χ0v) is 10.9. The van der Waals surface area contributed by atoms with Crippen LogP contribution >= 0.6 is 0 Å². The summed E-state index contributed by atoms with van der Waals surface area (Å²) in [7, 11) is 3.45. The number of ether oxygens (including phenoxy) is 1. The first-order chi connectivity index (χ1) is 8.49. The van der Waals surface area contributed by atoms with Crippen molar-refractivity contribution in [2.75, 3.05) is 19.0 Å². The molecule has 1 aliphatic rings. The Bertz CT molecular complexity index is 460. The number of imidazole rings is 1. The van der Waals surface area contributed by atoms with E-state index in [2.05, 4.69) is 10.3 Å². The number of aryl methyl sites for hydroxylation is 1. The molecular weight excluding hydrogens is 236 g/mol. The number of nitro groups is 1. The van der Waals surface area contributed by atoms with E-state index in [-0.39, 0.29) is 11.4 Å². The van der Waals surface area contributed by atoms with Crippen molar-refractivity contribution in [2.24, 2.45) is 7.05 Å². The van der Waals surface area contributed by atoms with Crippen molar-refractivity contribution in [1.82, 2.24) is 9.55 Å². The van der Waals surface area contributed by atoms with Gasteiger partial charge in [-0.15, -0.1) is 0 Å². The molecule has 0 saturated heterocycles. The first-order valence-corrected chi connectivity index (χ1v) is 5.96. The van der Waals surface area contributed by atoms with Crippen LogP contribution < -0.4 is 5.32 Å². The van der Waals surface area contributed by atoms with Gasteiger partial charge in [0.05, 0.1) is 5.60 Å². The van der Waals surface area contributed by atoms with Gasteiger partial charge in [-0.1, -0.05) is 0 Å². The summed E-state index contributed by atoms with van der Waals surface area (Å²) in [5, 5.41) is 14.0. The van der Waals surface area contributed by atoms with Gasteiger partial charge < -0.3 is 20.2 Å². The van der Waals surface area contributed by atoms with E-state index in [4.69, 9.17) is 4.74 Å². The standard InChI is InChI=1S/C11H18N4O3/c1-8-13-10(15(16)17)9(14(8)2)12-7-11(18-3)5-4-6-11/h12H,4-7H2,1-3H3. The number of aromatic nitrogens is 2. The molecule has 2 rings (SSSR count). The average Bonchev–Trinajstić information content (AvgIpc) is 2.56. The monoisotopic (exact) mass is 254 g/mol. The van der Waals surface area contributed by atoms with Crippen molar-refractivity contribution < 1.29 is 9.66 Å². The normalized spacial score (nSPS) is 17.3. The molecule has 100 valence electrons. The SMILES string of the molecule is COC1(CNc2c([N+](=O)[O-])nc(C)n2C)CCC1. The molecule has 1 N–H and O–H groups in total. The predicted molar refractivity (Wildman–Crippen MR) is 66.7 cm³/mol. The summed E-state index contributed by atoms with van der Waals surface area (Å²) in [6.45, 7) is 2.32. The van der Waals surface area contributed by atoms with Crippen molar-refractivity contribution in [3.05, 3.63) is 15.9 Å². The summed E-state index contributed by atoms with van der Waals surface area (Å²) < 4.78 is 7.18. The molecule has 0 radical (unpaired) electrons. The van der Waals surface area contributed by atoms with E-state index < -0.39 is 4.92 Å². The minimum Gasteiger partial charge on any atom is -0.376 e. The summed E-state index contributed by atoms with van der Waals surface area (Å²) >= 11 is 0. The summed E-state index contributed by atoms with van der Waals surface area (Å²) in [4.78, 5) is 14.4. The Hall–Kier alpha value is -1.63. The second kappa shape index (κ2) is 4.56. The van der Waals surface area contributed by atoms with E-state index in [0.717, 1.165) is 19.3 Å². The molecule has 0 aromatic carbocycles. The zero-order valence-electron chi connectivity index (χ0n) is 10.9. The minimum atomic E-state index is -0.463. The molecule has 1 fully saturated rings. The third kappa shape index (κ3) is 2.05. The summed E-state index contributed by atoms with van der Waals surface area (Å²) in [5.41, 5.74) is -0.175. The van der Waals surface area contributed by atoms with Crippen LogP contribution in [-0.2, 0) is 11.8 Å². The smallest absolute Gasteiger partial charge is 0.376 e. The van der Waals surface area contributed by atoms with Gasteiger partial charge in [-0.3, -0.25) is 4.57 Å².